The average molecular weight is 388 g/mol. The van der Waals surface area contributed by atoms with E-state index in [0.717, 1.165) is 32.1 Å². The topological polar surface area (TPSA) is 109 Å². The zero-order chi connectivity index (χ0) is 20.0. The Labute approximate surface area is 156 Å². The first-order chi connectivity index (χ1) is 12.3. The minimum absolute atomic E-state index is 0.165. The summed E-state index contributed by atoms with van der Waals surface area (Å²) < 4.78 is 15.8. The van der Waals surface area contributed by atoms with Crippen LogP contribution in [0.3, 0.4) is 0 Å². The van der Waals surface area contributed by atoms with Crippen LogP contribution in [-0.2, 0) is 13.9 Å². The lowest BCUT2D eigenvalue weighted by Gasteiger charge is -2.25. The van der Waals surface area contributed by atoms with Crippen molar-refractivity contribution < 1.29 is 23.7 Å². The molecule has 0 aliphatic carbocycles. The Bertz CT molecular complexity index is 536. The molecule has 26 heavy (non-hydrogen) atoms. The summed E-state index contributed by atoms with van der Waals surface area (Å²) in [5, 5.41) is 2.80. The molecule has 150 valence electrons. The zero-order valence-electron chi connectivity index (χ0n) is 16.2. The summed E-state index contributed by atoms with van der Waals surface area (Å²) >= 11 is 0. The summed E-state index contributed by atoms with van der Waals surface area (Å²) in [5.41, 5.74) is 0.637. The average Bonchev–Trinajstić information content (AvgIpc) is 2.60. The lowest BCUT2D eigenvalue weighted by Crippen LogP contribution is -2.36. The van der Waals surface area contributed by atoms with Crippen molar-refractivity contribution in [3.8, 4) is 0 Å². The van der Waals surface area contributed by atoms with Crippen molar-refractivity contribution >= 4 is 13.7 Å². The fourth-order valence-corrected chi connectivity index (χ4v) is 3.00. The highest BCUT2D eigenvalue weighted by molar-refractivity contribution is 7.46. The molecule has 1 aromatic rings. The van der Waals surface area contributed by atoms with Crippen molar-refractivity contribution in [2.75, 3.05) is 0 Å². The number of carbonyl (C=O) groups is 1. The number of pyridine rings is 1. The van der Waals surface area contributed by atoms with Crippen LogP contribution in [0.2, 0.25) is 0 Å². The normalized spacial score (nSPS) is 13.3. The molecule has 0 bridgehead atoms. The van der Waals surface area contributed by atoms with Crippen LogP contribution < -0.4 is 5.32 Å². The maximum Gasteiger partial charge on any atom is 0.469 e. The standard InChI is InChI=1S/C16H27N2O5P.C2H6/c1-3-4-5-6-7-10-15(19)18-16(13(2)23-24(20,21)22)14-9-8-11-17-12-14;1-2/h8-9,11-13,16H,3-7,10H2,1-2H3,(H,18,19)(H2,20,21,22);1-2H3. The lowest BCUT2D eigenvalue weighted by molar-refractivity contribution is -0.122. The monoisotopic (exact) mass is 388 g/mol. The number of amides is 1. The first-order valence-electron chi connectivity index (χ1n) is 9.26. The zero-order valence-corrected chi connectivity index (χ0v) is 17.1. The molecule has 3 N–H and O–H groups in total. The maximum atomic E-state index is 12.1. The van der Waals surface area contributed by atoms with Crippen molar-refractivity contribution in [1.29, 1.82) is 0 Å². The van der Waals surface area contributed by atoms with Crippen LogP contribution in [0, 0.1) is 0 Å². The van der Waals surface area contributed by atoms with Crippen LogP contribution >= 0.6 is 7.82 Å². The quantitative estimate of drug-likeness (QED) is 0.389. The highest BCUT2D eigenvalue weighted by Crippen LogP contribution is 2.40. The van der Waals surface area contributed by atoms with Gasteiger partial charge in [0.15, 0.2) is 0 Å². The molecule has 0 radical (unpaired) electrons. The summed E-state index contributed by atoms with van der Waals surface area (Å²) in [7, 11) is -4.65. The van der Waals surface area contributed by atoms with E-state index in [4.69, 9.17) is 14.3 Å². The van der Waals surface area contributed by atoms with E-state index in [9.17, 15) is 9.36 Å². The van der Waals surface area contributed by atoms with E-state index in [1.54, 1.807) is 24.5 Å². The van der Waals surface area contributed by atoms with Crippen LogP contribution in [0.4, 0.5) is 0 Å². The van der Waals surface area contributed by atoms with Crippen LogP contribution in [0.15, 0.2) is 24.5 Å². The second-order valence-corrected chi connectivity index (χ2v) is 6.99. The highest BCUT2D eigenvalue weighted by Gasteiger charge is 2.28. The van der Waals surface area contributed by atoms with Crippen LogP contribution in [0.5, 0.6) is 0 Å². The number of carbonyl (C=O) groups excluding carboxylic acids is 1. The Morgan fingerprint density at radius 1 is 1.27 bits per heavy atom. The fraction of sp³-hybridized carbons (Fsp3) is 0.667. The number of phosphoric ester groups is 1. The maximum absolute atomic E-state index is 12.1. The Morgan fingerprint density at radius 3 is 2.46 bits per heavy atom. The second kappa shape index (κ2) is 13.9. The molecule has 1 amide bonds. The predicted octanol–water partition coefficient (Wildman–Crippen LogP) is 4.12. The largest absolute Gasteiger partial charge is 0.469 e. The van der Waals surface area contributed by atoms with Crippen molar-refractivity contribution in [3.63, 3.8) is 0 Å². The number of aromatic nitrogens is 1. The van der Waals surface area contributed by atoms with Crippen molar-refractivity contribution in [2.45, 2.75) is 78.4 Å². The van der Waals surface area contributed by atoms with Gasteiger partial charge in [-0.05, 0) is 25.0 Å². The third-order valence-corrected chi connectivity index (χ3v) is 4.25. The summed E-state index contributed by atoms with van der Waals surface area (Å²) in [6.07, 6.45) is 7.82. The molecule has 0 fully saturated rings. The molecule has 0 aliphatic rings. The highest BCUT2D eigenvalue weighted by atomic mass is 31.2. The number of hydrogen-bond acceptors (Lipinski definition) is 4. The minimum atomic E-state index is -4.65. The minimum Gasteiger partial charge on any atom is -0.347 e. The Hall–Kier alpha value is -1.27. The molecule has 0 saturated heterocycles. The molecule has 0 aliphatic heterocycles. The van der Waals surface area contributed by atoms with Gasteiger partial charge < -0.3 is 15.1 Å². The van der Waals surface area contributed by atoms with Gasteiger partial charge in [-0.2, -0.15) is 0 Å². The van der Waals surface area contributed by atoms with Gasteiger partial charge >= 0.3 is 7.82 Å². The second-order valence-electron chi connectivity index (χ2n) is 5.80. The third-order valence-electron chi connectivity index (χ3n) is 3.64. The molecule has 0 aromatic carbocycles. The van der Waals surface area contributed by atoms with E-state index < -0.39 is 20.0 Å². The van der Waals surface area contributed by atoms with E-state index in [-0.39, 0.29) is 5.91 Å². The Balaban J connectivity index is 0.00000301. The number of nitrogens with zero attached hydrogens (tertiary/aromatic N) is 1. The summed E-state index contributed by atoms with van der Waals surface area (Å²) in [5.74, 6) is -0.165. The number of phosphoric acid groups is 1. The third kappa shape index (κ3) is 11.4. The van der Waals surface area contributed by atoms with E-state index in [1.165, 1.54) is 6.92 Å². The molecule has 1 aromatic heterocycles. The summed E-state index contributed by atoms with van der Waals surface area (Å²) in [4.78, 5) is 34.1. The Morgan fingerprint density at radius 2 is 1.92 bits per heavy atom. The van der Waals surface area contributed by atoms with Crippen LogP contribution in [-0.4, -0.2) is 26.8 Å². The first kappa shape index (κ1) is 24.7. The van der Waals surface area contributed by atoms with Crippen molar-refractivity contribution in [2.24, 2.45) is 0 Å². The van der Waals surface area contributed by atoms with Crippen molar-refractivity contribution in [3.05, 3.63) is 30.1 Å². The van der Waals surface area contributed by atoms with Gasteiger partial charge in [-0.15, -0.1) is 0 Å². The molecule has 0 saturated carbocycles. The molecule has 0 spiro atoms. The van der Waals surface area contributed by atoms with E-state index in [0.29, 0.717) is 12.0 Å². The van der Waals surface area contributed by atoms with Gasteiger partial charge in [0.25, 0.3) is 0 Å². The smallest absolute Gasteiger partial charge is 0.347 e. The first-order valence-corrected chi connectivity index (χ1v) is 10.8. The van der Waals surface area contributed by atoms with Gasteiger partial charge in [0.2, 0.25) is 5.91 Å². The molecule has 1 rings (SSSR count). The van der Waals surface area contributed by atoms with Gasteiger partial charge in [-0.25, -0.2) is 4.57 Å². The van der Waals surface area contributed by atoms with Gasteiger partial charge in [0.1, 0.15) is 0 Å². The van der Waals surface area contributed by atoms with Gasteiger partial charge in [-0.1, -0.05) is 52.5 Å². The predicted molar refractivity (Wildman–Crippen MR) is 102 cm³/mol. The molecule has 2 unspecified atom stereocenters. The fourth-order valence-electron chi connectivity index (χ4n) is 2.44. The molecule has 2 atom stereocenters. The van der Waals surface area contributed by atoms with Crippen LogP contribution in [0.1, 0.15) is 77.8 Å². The molecule has 7 nitrogen and oxygen atoms in total. The van der Waals surface area contributed by atoms with Gasteiger partial charge in [0, 0.05) is 18.8 Å². The molecular formula is C18H33N2O5P. The summed E-state index contributed by atoms with van der Waals surface area (Å²) in [6.45, 7) is 7.64. The SMILES string of the molecule is CC.CCCCCCCC(=O)NC(c1cccnc1)C(C)OP(=O)(O)O. The van der Waals surface area contributed by atoms with Crippen molar-refractivity contribution in [1.82, 2.24) is 10.3 Å². The molecule has 8 heteroatoms. The number of nitrogens with one attached hydrogen (secondary N) is 1. The summed E-state index contributed by atoms with van der Waals surface area (Å²) in [6, 6.07) is 2.76. The number of hydrogen-bond donors (Lipinski definition) is 3. The number of unbranched alkanes of at least 4 members (excludes halogenated alkanes) is 4. The van der Waals surface area contributed by atoms with Gasteiger partial charge in [-0.3, -0.25) is 14.3 Å². The van der Waals surface area contributed by atoms with E-state index >= 15 is 0 Å². The van der Waals surface area contributed by atoms with Gasteiger partial charge in [0.05, 0.1) is 12.1 Å². The number of rotatable bonds is 11. The Kier molecular flexibility index (Phi) is 13.2. The lowest BCUT2D eigenvalue weighted by atomic mass is 10.0. The van der Waals surface area contributed by atoms with E-state index in [2.05, 4.69) is 17.2 Å². The van der Waals surface area contributed by atoms with E-state index in [1.807, 2.05) is 13.8 Å². The van der Waals surface area contributed by atoms with Crippen LogP contribution in [0.25, 0.3) is 0 Å². The molecule has 1 heterocycles. The molecular weight excluding hydrogens is 355 g/mol.